The molecule has 7 nitrogen and oxygen atoms in total. The zero-order chi connectivity index (χ0) is 21.7. The summed E-state index contributed by atoms with van der Waals surface area (Å²) in [6.07, 6.45) is 3.16. The Kier molecular flexibility index (Phi) is 6.87. The Morgan fingerprint density at radius 2 is 1.80 bits per heavy atom. The summed E-state index contributed by atoms with van der Waals surface area (Å²) in [6.45, 7) is 3.40. The number of amides is 2. The summed E-state index contributed by atoms with van der Waals surface area (Å²) >= 11 is 12.0. The van der Waals surface area contributed by atoms with Crippen LogP contribution in [0.1, 0.15) is 22.8 Å². The van der Waals surface area contributed by atoms with Gasteiger partial charge in [0.05, 0.1) is 15.6 Å². The van der Waals surface area contributed by atoms with Gasteiger partial charge in [-0.1, -0.05) is 29.3 Å². The third-order valence-electron chi connectivity index (χ3n) is 4.14. The van der Waals surface area contributed by atoms with E-state index in [0.29, 0.717) is 11.4 Å². The smallest absolute Gasteiger partial charge is 0.321 e. The first kappa shape index (κ1) is 21.5. The third kappa shape index (κ3) is 5.25. The van der Waals surface area contributed by atoms with Gasteiger partial charge in [0.1, 0.15) is 11.8 Å². The topological polar surface area (TPSA) is 93.2 Å². The van der Waals surface area contributed by atoms with Gasteiger partial charge in [0.15, 0.2) is 0 Å². The quantitative estimate of drug-likeness (QED) is 0.577. The van der Waals surface area contributed by atoms with Crippen LogP contribution in [0, 0.1) is 6.92 Å². The van der Waals surface area contributed by atoms with Gasteiger partial charge in [-0.15, -0.1) is 0 Å². The van der Waals surface area contributed by atoms with Crippen LogP contribution in [-0.4, -0.2) is 27.8 Å². The number of aromatic nitrogens is 2. The summed E-state index contributed by atoms with van der Waals surface area (Å²) in [5.74, 6) is -0.341. The predicted molar refractivity (Wildman–Crippen MR) is 115 cm³/mol. The van der Waals surface area contributed by atoms with Crippen LogP contribution in [0.5, 0.6) is 11.8 Å². The molecule has 0 fully saturated rings. The van der Waals surface area contributed by atoms with E-state index in [0.717, 1.165) is 5.56 Å². The molecule has 2 amide bonds. The second kappa shape index (κ2) is 9.56. The van der Waals surface area contributed by atoms with Crippen LogP contribution in [0.25, 0.3) is 0 Å². The van der Waals surface area contributed by atoms with Crippen molar-refractivity contribution in [2.45, 2.75) is 19.9 Å². The molecule has 9 heteroatoms. The molecular weight excluding hydrogens is 427 g/mol. The minimum absolute atomic E-state index is 0.137. The Balaban J connectivity index is 1.63. The van der Waals surface area contributed by atoms with E-state index in [1.165, 1.54) is 6.07 Å². The van der Waals surface area contributed by atoms with Gasteiger partial charge in [0.25, 0.3) is 5.91 Å². The average molecular weight is 445 g/mol. The van der Waals surface area contributed by atoms with Crippen molar-refractivity contribution in [3.05, 3.63) is 76.0 Å². The van der Waals surface area contributed by atoms with Gasteiger partial charge < -0.3 is 15.4 Å². The molecule has 154 valence electrons. The standard InChI is InChI=1S/C21H18Cl2N4O3/c1-12-11-14(30-21-24-9-4-10-25-21)7-8-17(12)27-19(28)13(2)26-20(29)15-5-3-6-16(22)18(15)23/h3-11,13H,1-2H3,(H,26,29)(H,27,28). The van der Waals surface area contributed by atoms with Gasteiger partial charge in [-0.05, 0) is 55.8 Å². The van der Waals surface area contributed by atoms with Gasteiger partial charge in [0, 0.05) is 18.1 Å². The fraction of sp³-hybridized carbons (Fsp3) is 0.143. The molecule has 0 aliphatic heterocycles. The van der Waals surface area contributed by atoms with Crippen molar-refractivity contribution in [1.29, 1.82) is 0 Å². The average Bonchev–Trinajstić information content (AvgIpc) is 2.72. The summed E-state index contributed by atoms with van der Waals surface area (Å²) in [7, 11) is 0. The number of benzene rings is 2. The Bertz CT molecular complexity index is 1080. The molecule has 1 atom stereocenters. The van der Waals surface area contributed by atoms with E-state index in [1.807, 2.05) is 6.92 Å². The maximum Gasteiger partial charge on any atom is 0.321 e. The highest BCUT2D eigenvalue weighted by Crippen LogP contribution is 2.26. The zero-order valence-corrected chi connectivity index (χ0v) is 17.7. The Labute approximate surface area is 183 Å². The number of halogens is 2. The number of nitrogens with one attached hydrogen (secondary N) is 2. The molecule has 3 aromatic rings. The number of carbonyl (C=O) groups is 2. The number of hydrogen-bond acceptors (Lipinski definition) is 5. The van der Waals surface area contributed by atoms with E-state index in [9.17, 15) is 9.59 Å². The Hall–Kier alpha value is -3.16. The first-order valence-corrected chi connectivity index (χ1v) is 9.72. The van der Waals surface area contributed by atoms with Crippen LogP contribution >= 0.6 is 23.2 Å². The third-order valence-corrected chi connectivity index (χ3v) is 4.96. The lowest BCUT2D eigenvalue weighted by molar-refractivity contribution is -0.117. The maximum absolute atomic E-state index is 12.5. The molecule has 1 aromatic heterocycles. The Morgan fingerprint density at radius 1 is 1.07 bits per heavy atom. The molecule has 1 heterocycles. The lowest BCUT2D eigenvalue weighted by atomic mass is 10.1. The molecule has 0 bridgehead atoms. The number of nitrogens with zero attached hydrogens (tertiary/aromatic N) is 2. The van der Waals surface area contributed by atoms with E-state index < -0.39 is 11.9 Å². The molecule has 0 aliphatic rings. The maximum atomic E-state index is 12.5. The highest BCUT2D eigenvalue weighted by atomic mass is 35.5. The molecule has 0 aliphatic carbocycles. The van der Waals surface area contributed by atoms with Crippen molar-refractivity contribution >= 4 is 40.7 Å². The molecule has 3 rings (SSSR count). The van der Waals surface area contributed by atoms with Crippen LogP contribution in [0.15, 0.2) is 54.9 Å². The number of rotatable bonds is 6. The number of ether oxygens (including phenoxy) is 1. The number of carbonyl (C=O) groups excluding carboxylic acids is 2. The lowest BCUT2D eigenvalue weighted by Crippen LogP contribution is -2.41. The van der Waals surface area contributed by atoms with E-state index in [1.54, 1.807) is 55.7 Å². The largest absolute Gasteiger partial charge is 0.424 e. The van der Waals surface area contributed by atoms with Gasteiger partial charge in [-0.3, -0.25) is 9.59 Å². The van der Waals surface area contributed by atoms with Gasteiger partial charge >= 0.3 is 6.01 Å². The fourth-order valence-electron chi connectivity index (χ4n) is 2.54. The second-order valence-corrected chi connectivity index (χ2v) is 7.18. The van der Waals surface area contributed by atoms with Gasteiger partial charge in [-0.2, -0.15) is 0 Å². The van der Waals surface area contributed by atoms with E-state index in [2.05, 4.69) is 20.6 Å². The van der Waals surface area contributed by atoms with Crippen molar-refractivity contribution in [3.8, 4) is 11.8 Å². The molecule has 0 saturated carbocycles. The van der Waals surface area contributed by atoms with Crippen molar-refractivity contribution in [2.75, 3.05) is 5.32 Å². The molecule has 1 unspecified atom stereocenters. The summed E-state index contributed by atoms with van der Waals surface area (Å²) < 4.78 is 5.57. The minimum Gasteiger partial charge on any atom is -0.424 e. The minimum atomic E-state index is -0.805. The van der Waals surface area contributed by atoms with Crippen molar-refractivity contribution in [3.63, 3.8) is 0 Å². The summed E-state index contributed by atoms with van der Waals surface area (Å²) in [4.78, 5) is 32.9. The zero-order valence-electron chi connectivity index (χ0n) is 16.1. The van der Waals surface area contributed by atoms with Crippen molar-refractivity contribution in [2.24, 2.45) is 0 Å². The predicted octanol–water partition coefficient (Wildman–Crippen LogP) is 4.64. The summed E-state index contributed by atoms with van der Waals surface area (Å²) in [6, 6.07) is 11.0. The monoisotopic (exact) mass is 444 g/mol. The highest BCUT2D eigenvalue weighted by molar-refractivity contribution is 6.43. The van der Waals surface area contributed by atoms with Crippen LogP contribution in [-0.2, 0) is 4.79 Å². The van der Waals surface area contributed by atoms with Crippen molar-refractivity contribution < 1.29 is 14.3 Å². The molecule has 2 aromatic carbocycles. The molecule has 30 heavy (non-hydrogen) atoms. The van der Waals surface area contributed by atoms with Gasteiger partial charge in [-0.25, -0.2) is 9.97 Å². The highest BCUT2D eigenvalue weighted by Gasteiger charge is 2.20. The number of aryl methyl sites for hydroxylation is 1. The fourth-order valence-corrected chi connectivity index (χ4v) is 2.93. The van der Waals surface area contributed by atoms with Crippen LogP contribution in [0.3, 0.4) is 0 Å². The van der Waals surface area contributed by atoms with Crippen LogP contribution in [0.4, 0.5) is 5.69 Å². The van der Waals surface area contributed by atoms with Crippen LogP contribution < -0.4 is 15.4 Å². The molecule has 2 N–H and O–H groups in total. The SMILES string of the molecule is Cc1cc(Oc2ncccn2)ccc1NC(=O)C(C)NC(=O)c1cccc(Cl)c1Cl. The van der Waals surface area contributed by atoms with E-state index >= 15 is 0 Å². The van der Waals surface area contributed by atoms with Gasteiger partial charge in [0.2, 0.25) is 5.91 Å². The van der Waals surface area contributed by atoms with Crippen LogP contribution in [0.2, 0.25) is 10.0 Å². The second-order valence-electron chi connectivity index (χ2n) is 6.40. The normalized spacial score (nSPS) is 11.5. The first-order chi connectivity index (χ1) is 14.3. The van der Waals surface area contributed by atoms with Crippen molar-refractivity contribution in [1.82, 2.24) is 15.3 Å². The summed E-state index contributed by atoms with van der Waals surface area (Å²) in [5.41, 5.74) is 1.56. The molecule has 0 radical (unpaired) electrons. The lowest BCUT2D eigenvalue weighted by Gasteiger charge is -2.16. The Morgan fingerprint density at radius 3 is 2.50 bits per heavy atom. The number of anilines is 1. The number of hydrogen-bond donors (Lipinski definition) is 2. The molecular formula is C21H18Cl2N4O3. The van der Waals surface area contributed by atoms with E-state index in [-0.39, 0.29) is 27.5 Å². The first-order valence-electron chi connectivity index (χ1n) is 8.96. The van der Waals surface area contributed by atoms with E-state index in [4.69, 9.17) is 27.9 Å². The molecule has 0 spiro atoms. The molecule has 0 saturated heterocycles. The summed E-state index contributed by atoms with van der Waals surface area (Å²) in [5, 5.41) is 5.80.